The maximum absolute atomic E-state index is 12.5. The van der Waals surface area contributed by atoms with Gasteiger partial charge in [0, 0.05) is 3.57 Å². The van der Waals surface area contributed by atoms with Gasteiger partial charge in [-0.05, 0) is 46.3 Å². The molecule has 0 bridgehead atoms. The Kier molecular flexibility index (Phi) is 3.80. The summed E-state index contributed by atoms with van der Waals surface area (Å²) in [7, 11) is 0. The molecule has 7 heteroatoms. The Hall–Kier alpha value is -0.810. The number of carbonyl (C=O) groups is 1. The van der Waals surface area contributed by atoms with E-state index in [4.69, 9.17) is 16.9 Å². The fourth-order valence-corrected chi connectivity index (χ4v) is 1.97. The highest BCUT2D eigenvalue weighted by atomic mass is 127. The third-order valence-electron chi connectivity index (χ3n) is 1.74. The summed E-state index contributed by atoms with van der Waals surface area (Å²) >= 11 is 6.55. The van der Waals surface area contributed by atoms with Crippen LogP contribution in [0.25, 0.3) is 0 Å². The molecule has 1 aromatic rings. The Morgan fingerprint density at radius 2 is 2.00 bits per heavy atom. The van der Waals surface area contributed by atoms with E-state index in [-0.39, 0.29) is 9.13 Å². The monoisotopic (exact) mass is 359 g/mol. The van der Waals surface area contributed by atoms with Crippen LogP contribution in [0.3, 0.4) is 0 Å². The van der Waals surface area contributed by atoms with Gasteiger partial charge in [0.25, 0.3) is 5.24 Å². The zero-order valence-corrected chi connectivity index (χ0v) is 10.3. The Morgan fingerprint density at radius 3 is 2.38 bits per heavy atom. The lowest BCUT2D eigenvalue weighted by molar-refractivity contribution is -0.138. The smallest absolute Gasteiger partial charge is 0.276 e. The minimum absolute atomic E-state index is 0.150. The van der Waals surface area contributed by atoms with E-state index in [9.17, 15) is 18.0 Å². The number of benzene rings is 1. The van der Waals surface area contributed by atoms with Gasteiger partial charge in [-0.3, -0.25) is 4.79 Å². The number of alkyl halides is 3. The highest BCUT2D eigenvalue weighted by Gasteiger charge is 2.34. The zero-order chi connectivity index (χ0) is 12.5. The lowest BCUT2D eigenvalue weighted by atomic mass is 10.1. The highest BCUT2D eigenvalue weighted by molar-refractivity contribution is 14.1. The molecule has 0 aliphatic rings. The summed E-state index contributed by atoms with van der Waals surface area (Å²) in [6.45, 7) is 0. The minimum atomic E-state index is -4.58. The third kappa shape index (κ3) is 2.65. The van der Waals surface area contributed by atoms with Gasteiger partial charge in [-0.1, -0.05) is 0 Å². The predicted molar refractivity (Wildman–Crippen MR) is 59.1 cm³/mol. The fourth-order valence-electron chi connectivity index (χ4n) is 1.05. The SMILES string of the molecule is N#Cc1cc(I)c(C(F)(F)F)cc1C(=O)Cl. The molecule has 0 radical (unpaired) electrons. The number of nitriles is 1. The van der Waals surface area contributed by atoms with Crippen LogP contribution in [-0.2, 0) is 6.18 Å². The number of nitrogens with zero attached hydrogens (tertiary/aromatic N) is 1. The molecule has 0 aliphatic carbocycles. The van der Waals surface area contributed by atoms with E-state index in [0.717, 1.165) is 6.07 Å². The molecule has 0 amide bonds. The van der Waals surface area contributed by atoms with Gasteiger partial charge in [0.2, 0.25) is 0 Å². The van der Waals surface area contributed by atoms with Crippen molar-refractivity contribution in [3.8, 4) is 6.07 Å². The highest BCUT2D eigenvalue weighted by Crippen LogP contribution is 2.34. The van der Waals surface area contributed by atoms with Crippen LogP contribution >= 0.6 is 34.2 Å². The molecule has 0 heterocycles. The summed E-state index contributed by atoms with van der Waals surface area (Å²) in [5.74, 6) is 0. The van der Waals surface area contributed by atoms with E-state index in [1.54, 1.807) is 6.07 Å². The number of hydrogen-bond donors (Lipinski definition) is 0. The lowest BCUT2D eigenvalue weighted by Gasteiger charge is -2.10. The Balaban J connectivity index is 3.53. The molecule has 0 fully saturated rings. The first-order chi connectivity index (χ1) is 7.27. The number of rotatable bonds is 1. The van der Waals surface area contributed by atoms with Crippen molar-refractivity contribution in [1.82, 2.24) is 0 Å². The number of carbonyl (C=O) groups excluding carboxylic acids is 1. The van der Waals surface area contributed by atoms with Crippen LogP contribution in [0.2, 0.25) is 0 Å². The van der Waals surface area contributed by atoms with Crippen LogP contribution in [0.15, 0.2) is 12.1 Å². The summed E-state index contributed by atoms with van der Waals surface area (Å²) in [5.41, 5.74) is -1.58. The zero-order valence-electron chi connectivity index (χ0n) is 7.40. The quantitative estimate of drug-likeness (QED) is 0.568. The van der Waals surface area contributed by atoms with Crippen LogP contribution in [0.1, 0.15) is 21.5 Å². The van der Waals surface area contributed by atoms with Crippen molar-refractivity contribution in [2.75, 3.05) is 0 Å². The molecule has 0 saturated carbocycles. The second kappa shape index (κ2) is 4.59. The molecule has 0 aromatic heterocycles. The first-order valence-electron chi connectivity index (χ1n) is 3.78. The van der Waals surface area contributed by atoms with Crippen LogP contribution < -0.4 is 0 Å². The second-order valence-corrected chi connectivity index (χ2v) is 4.27. The molecule has 0 unspecified atom stereocenters. The normalized spacial score (nSPS) is 11.0. The van der Waals surface area contributed by atoms with Gasteiger partial charge in [0.1, 0.15) is 0 Å². The standard InChI is InChI=1S/C9H2ClF3INO/c10-8(16)5-2-6(9(11,12)13)7(14)1-4(5)3-15/h1-2H. The maximum atomic E-state index is 12.5. The number of hydrogen-bond acceptors (Lipinski definition) is 2. The largest absolute Gasteiger partial charge is 0.417 e. The van der Waals surface area contributed by atoms with Crippen molar-refractivity contribution >= 4 is 39.4 Å². The van der Waals surface area contributed by atoms with Crippen LogP contribution in [-0.4, -0.2) is 5.24 Å². The molecule has 1 aromatic carbocycles. The molecule has 1 rings (SSSR count). The first kappa shape index (κ1) is 13.3. The molecule has 2 nitrogen and oxygen atoms in total. The molecule has 0 atom stereocenters. The average molecular weight is 359 g/mol. The summed E-state index contributed by atoms with van der Waals surface area (Å²) < 4.78 is 37.3. The van der Waals surface area contributed by atoms with Crippen molar-refractivity contribution in [1.29, 1.82) is 5.26 Å². The van der Waals surface area contributed by atoms with E-state index in [2.05, 4.69) is 0 Å². The van der Waals surface area contributed by atoms with Gasteiger partial charge in [-0.15, -0.1) is 0 Å². The van der Waals surface area contributed by atoms with Gasteiger partial charge in [0.05, 0.1) is 22.8 Å². The molecular formula is C9H2ClF3INO. The molecule has 16 heavy (non-hydrogen) atoms. The summed E-state index contributed by atoms with van der Waals surface area (Å²) in [5, 5.41) is 7.56. The van der Waals surface area contributed by atoms with Crippen LogP contribution in [0.4, 0.5) is 13.2 Å². The molecule has 0 saturated heterocycles. The summed E-state index contributed by atoms with van der Waals surface area (Å²) in [6, 6.07) is 3.20. The van der Waals surface area contributed by atoms with Crippen molar-refractivity contribution < 1.29 is 18.0 Å². The summed E-state index contributed by atoms with van der Waals surface area (Å²) in [6.07, 6.45) is -4.58. The topological polar surface area (TPSA) is 40.9 Å². The van der Waals surface area contributed by atoms with Gasteiger partial charge in [-0.25, -0.2) is 0 Å². The van der Waals surface area contributed by atoms with Crippen molar-refractivity contribution in [3.05, 3.63) is 32.4 Å². The van der Waals surface area contributed by atoms with E-state index in [1.807, 2.05) is 0 Å². The second-order valence-electron chi connectivity index (χ2n) is 2.76. The predicted octanol–water partition coefficient (Wildman–Crippen LogP) is 3.56. The van der Waals surface area contributed by atoms with E-state index >= 15 is 0 Å². The van der Waals surface area contributed by atoms with Gasteiger partial charge >= 0.3 is 6.18 Å². The number of halogens is 5. The first-order valence-corrected chi connectivity index (χ1v) is 5.23. The Morgan fingerprint density at radius 1 is 1.44 bits per heavy atom. The van der Waals surface area contributed by atoms with Gasteiger partial charge in [0.15, 0.2) is 0 Å². The molecule has 0 spiro atoms. The van der Waals surface area contributed by atoms with Crippen LogP contribution in [0, 0.1) is 14.9 Å². The molecule has 84 valence electrons. The van der Waals surface area contributed by atoms with Gasteiger partial charge in [-0.2, -0.15) is 18.4 Å². The molecule has 0 aliphatic heterocycles. The maximum Gasteiger partial charge on any atom is 0.417 e. The third-order valence-corrected chi connectivity index (χ3v) is 2.84. The lowest BCUT2D eigenvalue weighted by Crippen LogP contribution is -2.10. The van der Waals surface area contributed by atoms with Crippen LogP contribution in [0.5, 0.6) is 0 Å². The van der Waals surface area contributed by atoms with Crippen molar-refractivity contribution in [2.24, 2.45) is 0 Å². The Bertz CT molecular complexity index is 493. The average Bonchev–Trinajstić information content (AvgIpc) is 2.14. The molecular weight excluding hydrogens is 357 g/mol. The van der Waals surface area contributed by atoms with Crippen molar-refractivity contribution in [3.63, 3.8) is 0 Å². The summed E-state index contributed by atoms with van der Waals surface area (Å²) in [4.78, 5) is 10.9. The van der Waals surface area contributed by atoms with Gasteiger partial charge < -0.3 is 0 Å². The molecule has 0 N–H and O–H groups in total. The van der Waals surface area contributed by atoms with Crippen molar-refractivity contribution in [2.45, 2.75) is 6.18 Å². The van der Waals surface area contributed by atoms with E-state index in [0.29, 0.717) is 6.07 Å². The fraction of sp³-hybridized carbons (Fsp3) is 0.111. The van der Waals surface area contributed by atoms with E-state index in [1.165, 1.54) is 22.6 Å². The minimum Gasteiger partial charge on any atom is -0.276 e. The van der Waals surface area contributed by atoms with E-state index < -0.39 is 22.5 Å². The Labute approximate surface area is 107 Å².